The lowest BCUT2D eigenvalue weighted by molar-refractivity contribution is -0.138. The van der Waals surface area contributed by atoms with E-state index < -0.39 is 17.6 Å². The Morgan fingerprint density at radius 3 is 2.55 bits per heavy atom. The first-order valence-corrected chi connectivity index (χ1v) is 7.01. The minimum Gasteiger partial charge on any atom is -0.351 e. The smallest absolute Gasteiger partial charge is 0.351 e. The number of halogens is 4. The third kappa shape index (κ3) is 5.13. The van der Waals surface area contributed by atoms with Gasteiger partial charge in [0.1, 0.15) is 0 Å². The molecule has 0 aliphatic rings. The summed E-state index contributed by atoms with van der Waals surface area (Å²) >= 11 is 2.98. The molecule has 0 unspecified atom stereocenters. The van der Waals surface area contributed by atoms with E-state index in [1.807, 2.05) is 6.92 Å². The molecule has 0 heterocycles. The van der Waals surface area contributed by atoms with Crippen molar-refractivity contribution >= 4 is 21.8 Å². The molecule has 0 saturated carbocycles. The second kappa shape index (κ2) is 7.64. The van der Waals surface area contributed by atoms with Gasteiger partial charge in [-0.25, -0.2) is 0 Å². The van der Waals surface area contributed by atoms with Gasteiger partial charge in [0.05, 0.1) is 11.1 Å². The standard InChI is InChI=1S/C13H16BrF3N2O/c1-2-5-18-6-7-19-12(20)10-4-3-9(14)8-11(10)13(15,16)17/h3-4,8,18H,2,5-7H2,1H3,(H,19,20). The van der Waals surface area contributed by atoms with Crippen LogP contribution in [0.3, 0.4) is 0 Å². The van der Waals surface area contributed by atoms with Crippen LogP contribution in [-0.4, -0.2) is 25.5 Å². The van der Waals surface area contributed by atoms with Crippen LogP contribution >= 0.6 is 15.9 Å². The zero-order chi connectivity index (χ0) is 15.2. The molecular weight excluding hydrogens is 337 g/mol. The van der Waals surface area contributed by atoms with Gasteiger partial charge in [-0.2, -0.15) is 13.2 Å². The normalized spacial score (nSPS) is 11.4. The Hall–Kier alpha value is -1.08. The van der Waals surface area contributed by atoms with Crippen LogP contribution in [0.4, 0.5) is 13.2 Å². The molecule has 0 bridgehead atoms. The molecule has 0 aliphatic carbocycles. The topological polar surface area (TPSA) is 41.1 Å². The molecule has 0 spiro atoms. The maximum absolute atomic E-state index is 12.9. The highest BCUT2D eigenvalue weighted by atomic mass is 79.9. The summed E-state index contributed by atoms with van der Waals surface area (Å²) < 4.78 is 38.9. The lowest BCUT2D eigenvalue weighted by Gasteiger charge is -2.13. The number of rotatable bonds is 6. The van der Waals surface area contributed by atoms with Crippen LogP contribution in [0.5, 0.6) is 0 Å². The van der Waals surface area contributed by atoms with Gasteiger partial charge in [-0.3, -0.25) is 4.79 Å². The maximum atomic E-state index is 12.9. The molecular formula is C13H16BrF3N2O. The molecule has 0 aromatic heterocycles. The number of benzene rings is 1. The Morgan fingerprint density at radius 1 is 1.25 bits per heavy atom. The van der Waals surface area contributed by atoms with Crippen LogP contribution in [0.15, 0.2) is 22.7 Å². The number of carbonyl (C=O) groups excluding carboxylic acids is 1. The van der Waals surface area contributed by atoms with Crippen molar-refractivity contribution in [1.29, 1.82) is 0 Å². The molecule has 0 aliphatic heterocycles. The summed E-state index contributed by atoms with van der Waals surface area (Å²) in [6, 6.07) is 3.49. The molecule has 0 radical (unpaired) electrons. The van der Waals surface area contributed by atoms with Gasteiger partial charge < -0.3 is 10.6 Å². The van der Waals surface area contributed by atoms with E-state index >= 15 is 0 Å². The van der Waals surface area contributed by atoms with Gasteiger partial charge in [-0.05, 0) is 31.2 Å². The first-order valence-electron chi connectivity index (χ1n) is 6.22. The Bertz CT molecular complexity index is 463. The maximum Gasteiger partial charge on any atom is 0.417 e. The summed E-state index contributed by atoms with van der Waals surface area (Å²) in [6.45, 7) is 3.62. The van der Waals surface area contributed by atoms with Gasteiger partial charge in [0.25, 0.3) is 5.91 Å². The van der Waals surface area contributed by atoms with Gasteiger partial charge >= 0.3 is 6.18 Å². The average molecular weight is 353 g/mol. The fraction of sp³-hybridized carbons (Fsp3) is 0.462. The minimum atomic E-state index is -4.56. The molecule has 7 heteroatoms. The molecule has 1 aromatic rings. The summed E-state index contributed by atoms with van der Waals surface area (Å²) in [7, 11) is 0. The quantitative estimate of drug-likeness (QED) is 0.772. The fourth-order valence-electron chi connectivity index (χ4n) is 1.61. The van der Waals surface area contributed by atoms with E-state index in [0.29, 0.717) is 6.54 Å². The molecule has 112 valence electrons. The van der Waals surface area contributed by atoms with Crippen molar-refractivity contribution in [2.24, 2.45) is 0 Å². The van der Waals surface area contributed by atoms with Gasteiger partial charge in [0.2, 0.25) is 0 Å². The van der Waals surface area contributed by atoms with Gasteiger partial charge in [0.15, 0.2) is 0 Å². The monoisotopic (exact) mass is 352 g/mol. The number of alkyl halides is 3. The first-order chi connectivity index (χ1) is 9.36. The third-order valence-corrected chi connectivity index (χ3v) is 3.04. The Morgan fingerprint density at radius 2 is 1.95 bits per heavy atom. The zero-order valence-electron chi connectivity index (χ0n) is 11.0. The lowest BCUT2D eigenvalue weighted by atomic mass is 10.1. The van der Waals surface area contributed by atoms with E-state index in [0.717, 1.165) is 19.0 Å². The molecule has 0 saturated heterocycles. The molecule has 1 rings (SSSR count). The summed E-state index contributed by atoms with van der Waals surface area (Å²) in [5.41, 5.74) is -1.30. The minimum absolute atomic E-state index is 0.283. The molecule has 2 N–H and O–H groups in total. The largest absolute Gasteiger partial charge is 0.417 e. The Labute approximate surface area is 124 Å². The Balaban J connectivity index is 2.73. The number of nitrogens with one attached hydrogen (secondary N) is 2. The predicted octanol–water partition coefficient (Wildman–Crippen LogP) is 3.20. The second-order valence-corrected chi connectivity index (χ2v) is 5.11. The number of carbonyl (C=O) groups is 1. The highest BCUT2D eigenvalue weighted by Gasteiger charge is 2.35. The number of hydrogen-bond acceptors (Lipinski definition) is 2. The average Bonchev–Trinajstić information content (AvgIpc) is 2.37. The predicted molar refractivity (Wildman–Crippen MR) is 74.6 cm³/mol. The van der Waals surface area contributed by atoms with Gasteiger partial charge in [0, 0.05) is 17.6 Å². The van der Waals surface area contributed by atoms with Crippen molar-refractivity contribution in [2.45, 2.75) is 19.5 Å². The second-order valence-electron chi connectivity index (χ2n) is 4.19. The third-order valence-electron chi connectivity index (χ3n) is 2.55. The van der Waals surface area contributed by atoms with E-state index in [9.17, 15) is 18.0 Å². The first kappa shape index (κ1) is 17.0. The van der Waals surface area contributed by atoms with Crippen molar-refractivity contribution in [3.8, 4) is 0 Å². The molecule has 0 fully saturated rings. The van der Waals surface area contributed by atoms with E-state index in [4.69, 9.17) is 0 Å². The van der Waals surface area contributed by atoms with E-state index in [-0.39, 0.29) is 16.6 Å². The van der Waals surface area contributed by atoms with Crippen molar-refractivity contribution in [1.82, 2.24) is 10.6 Å². The van der Waals surface area contributed by atoms with E-state index in [2.05, 4.69) is 26.6 Å². The highest BCUT2D eigenvalue weighted by Crippen LogP contribution is 2.33. The SMILES string of the molecule is CCCNCCNC(=O)c1ccc(Br)cc1C(F)(F)F. The molecule has 20 heavy (non-hydrogen) atoms. The number of amides is 1. The fourth-order valence-corrected chi connectivity index (χ4v) is 1.97. The van der Waals surface area contributed by atoms with Crippen LogP contribution in [0.25, 0.3) is 0 Å². The van der Waals surface area contributed by atoms with E-state index in [1.54, 1.807) is 0 Å². The molecule has 3 nitrogen and oxygen atoms in total. The summed E-state index contributed by atoms with van der Waals surface area (Å²) in [5, 5.41) is 5.52. The number of hydrogen-bond donors (Lipinski definition) is 2. The summed E-state index contributed by atoms with van der Waals surface area (Å²) in [5.74, 6) is -0.719. The zero-order valence-corrected chi connectivity index (χ0v) is 12.6. The van der Waals surface area contributed by atoms with Crippen LogP contribution < -0.4 is 10.6 Å². The van der Waals surface area contributed by atoms with Gasteiger partial charge in [-0.15, -0.1) is 0 Å². The lowest BCUT2D eigenvalue weighted by Crippen LogP contribution is -2.33. The molecule has 0 atom stereocenters. The van der Waals surface area contributed by atoms with Crippen LogP contribution in [-0.2, 0) is 6.18 Å². The van der Waals surface area contributed by atoms with E-state index in [1.165, 1.54) is 12.1 Å². The van der Waals surface area contributed by atoms with Crippen LogP contribution in [0.1, 0.15) is 29.3 Å². The molecule has 1 amide bonds. The summed E-state index contributed by atoms with van der Waals surface area (Å²) in [6.07, 6.45) is -3.60. The van der Waals surface area contributed by atoms with Crippen LogP contribution in [0, 0.1) is 0 Å². The van der Waals surface area contributed by atoms with Crippen molar-refractivity contribution in [3.63, 3.8) is 0 Å². The van der Waals surface area contributed by atoms with Gasteiger partial charge in [-0.1, -0.05) is 22.9 Å². The van der Waals surface area contributed by atoms with Crippen molar-refractivity contribution in [3.05, 3.63) is 33.8 Å². The Kier molecular flexibility index (Phi) is 6.48. The van der Waals surface area contributed by atoms with Crippen molar-refractivity contribution < 1.29 is 18.0 Å². The highest BCUT2D eigenvalue weighted by molar-refractivity contribution is 9.10. The van der Waals surface area contributed by atoms with Crippen LogP contribution in [0.2, 0.25) is 0 Å². The molecule has 1 aromatic carbocycles. The summed E-state index contributed by atoms with van der Waals surface area (Å²) in [4.78, 5) is 11.8. The van der Waals surface area contributed by atoms with Crippen molar-refractivity contribution in [2.75, 3.05) is 19.6 Å².